The first-order chi connectivity index (χ1) is 5.24. The van der Waals surface area contributed by atoms with Gasteiger partial charge in [0.05, 0.1) is 0 Å². The second kappa shape index (κ2) is 3.74. The Morgan fingerprint density at radius 3 is 2.91 bits per heavy atom. The minimum atomic E-state index is 0.228. The standard InChI is InChI=1S/C9H17NO/c1-3-8-6-4-5-7(2)9(11)10-8/h7-8H,3-6H2,1-2H3,(H,10,11). The predicted octanol–water partition coefficient (Wildman–Crippen LogP) is 1.70. The molecule has 1 aliphatic heterocycles. The molecule has 1 fully saturated rings. The maximum atomic E-state index is 11.3. The highest BCUT2D eigenvalue weighted by molar-refractivity contribution is 5.78. The molecule has 0 aromatic rings. The topological polar surface area (TPSA) is 29.1 Å². The second-order valence-corrected chi connectivity index (χ2v) is 3.45. The molecule has 2 nitrogen and oxygen atoms in total. The van der Waals surface area contributed by atoms with Gasteiger partial charge in [0.2, 0.25) is 5.91 Å². The summed E-state index contributed by atoms with van der Waals surface area (Å²) in [6.07, 6.45) is 4.48. The number of hydrogen-bond donors (Lipinski definition) is 1. The fourth-order valence-corrected chi connectivity index (χ4v) is 1.52. The van der Waals surface area contributed by atoms with Crippen LogP contribution in [-0.2, 0) is 4.79 Å². The Morgan fingerprint density at radius 2 is 2.27 bits per heavy atom. The third kappa shape index (κ3) is 2.21. The third-order valence-electron chi connectivity index (χ3n) is 2.48. The monoisotopic (exact) mass is 155 g/mol. The van der Waals surface area contributed by atoms with E-state index in [1.165, 1.54) is 6.42 Å². The van der Waals surface area contributed by atoms with Crippen molar-refractivity contribution in [1.82, 2.24) is 5.32 Å². The minimum absolute atomic E-state index is 0.228. The van der Waals surface area contributed by atoms with Crippen LogP contribution in [0.25, 0.3) is 0 Å². The molecular formula is C9H17NO. The molecule has 64 valence electrons. The molecule has 0 aliphatic carbocycles. The number of nitrogens with one attached hydrogen (secondary N) is 1. The van der Waals surface area contributed by atoms with E-state index in [0.29, 0.717) is 6.04 Å². The van der Waals surface area contributed by atoms with E-state index in [-0.39, 0.29) is 11.8 Å². The van der Waals surface area contributed by atoms with Crippen LogP contribution >= 0.6 is 0 Å². The van der Waals surface area contributed by atoms with Crippen LogP contribution in [0.5, 0.6) is 0 Å². The summed E-state index contributed by atoms with van der Waals surface area (Å²) in [6.45, 7) is 4.13. The van der Waals surface area contributed by atoms with Crippen molar-refractivity contribution in [2.75, 3.05) is 0 Å². The van der Waals surface area contributed by atoms with Gasteiger partial charge in [0.1, 0.15) is 0 Å². The van der Waals surface area contributed by atoms with Gasteiger partial charge in [-0.1, -0.05) is 20.3 Å². The molecule has 0 aromatic carbocycles. The lowest BCUT2D eigenvalue weighted by Crippen LogP contribution is -2.35. The zero-order valence-electron chi connectivity index (χ0n) is 7.39. The lowest BCUT2D eigenvalue weighted by Gasteiger charge is -2.13. The molecule has 1 rings (SSSR count). The van der Waals surface area contributed by atoms with E-state index in [2.05, 4.69) is 12.2 Å². The Kier molecular flexibility index (Phi) is 2.92. The van der Waals surface area contributed by atoms with Gasteiger partial charge in [-0.25, -0.2) is 0 Å². The van der Waals surface area contributed by atoms with Gasteiger partial charge in [0.25, 0.3) is 0 Å². The summed E-state index contributed by atoms with van der Waals surface area (Å²) in [7, 11) is 0. The smallest absolute Gasteiger partial charge is 0.223 e. The van der Waals surface area contributed by atoms with E-state index >= 15 is 0 Å². The molecule has 2 atom stereocenters. The predicted molar refractivity (Wildman–Crippen MR) is 45.2 cm³/mol. The van der Waals surface area contributed by atoms with Gasteiger partial charge in [-0.3, -0.25) is 4.79 Å². The molecule has 1 heterocycles. The molecule has 0 radical (unpaired) electrons. The Hall–Kier alpha value is -0.530. The molecule has 0 spiro atoms. The molecule has 0 bridgehead atoms. The van der Waals surface area contributed by atoms with Crippen molar-refractivity contribution in [3.8, 4) is 0 Å². The molecule has 1 amide bonds. The quantitative estimate of drug-likeness (QED) is 0.613. The molecule has 1 N–H and O–H groups in total. The first-order valence-corrected chi connectivity index (χ1v) is 4.54. The van der Waals surface area contributed by atoms with E-state index in [4.69, 9.17) is 0 Å². The van der Waals surface area contributed by atoms with E-state index < -0.39 is 0 Å². The van der Waals surface area contributed by atoms with Crippen LogP contribution < -0.4 is 5.32 Å². The Balaban J connectivity index is 2.48. The average molecular weight is 155 g/mol. The fourth-order valence-electron chi connectivity index (χ4n) is 1.52. The highest BCUT2D eigenvalue weighted by Gasteiger charge is 2.20. The van der Waals surface area contributed by atoms with Gasteiger partial charge >= 0.3 is 0 Å². The number of carbonyl (C=O) groups is 1. The Bertz CT molecular complexity index is 144. The molecule has 2 unspecified atom stereocenters. The number of rotatable bonds is 1. The van der Waals surface area contributed by atoms with Crippen LogP contribution in [-0.4, -0.2) is 11.9 Å². The molecule has 0 aromatic heterocycles. The SMILES string of the molecule is CCC1CCCC(C)C(=O)N1. The first kappa shape index (κ1) is 8.57. The summed E-state index contributed by atoms with van der Waals surface area (Å²) in [4.78, 5) is 11.3. The lowest BCUT2D eigenvalue weighted by molar-refractivity contribution is -0.124. The van der Waals surface area contributed by atoms with E-state index in [9.17, 15) is 4.79 Å². The highest BCUT2D eigenvalue weighted by atomic mass is 16.1. The molecule has 1 saturated heterocycles. The number of hydrogen-bond acceptors (Lipinski definition) is 1. The zero-order valence-corrected chi connectivity index (χ0v) is 7.39. The highest BCUT2D eigenvalue weighted by Crippen LogP contribution is 2.15. The van der Waals surface area contributed by atoms with Crippen LogP contribution in [0.4, 0.5) is 0 Å². The molecule has 1 aliphatic rings. The maximum absolute atomic E-state index is 11.3. The Labute approximate surface area is 68.4 Å². The number of amides is 1. The molecule has 0 saturated carbocycles. The second-order valence-electron chi connectivity index (χ2n) is 3.45. The van der Waals surface area contributed by atoms with Gasteiger partial charge in [-0.2, -0.15) is 0 Å². The normalized spacial score (nSPS) is 32.7. The van der Waals surface area contributed by atoms with Crippen molar-refractivity contribution in [3.05, 3.63) is 0 Å². The minimum Gasteiger partial charge on any atom is -0.353 e. The zero-order chi connectivity index (χ0) is 8.27. The Morgan fingerprint density at radius 1 is 1.55 bits per heavy atom. The van der Waals surface area contributed by atoms with Crippen molar-refractivity contribution in [2.24, 2.45) is 5.92 Å². The summed E-state index contributed by atoms with van der Waals surface area (Å²) >= 11 is 0. The van der Waals surface area contributed by atoms with Crippen LogP contribution in [0.2, 0.25) is 0 Å². The molecular weight excluding hydrogens is 138 g/mol. The van der Waals surface area contributed by atoms with Gasteiger partial charge in [0, 0.05) is 12.0 Å². The largest absolute Gasteiger partial charge is 0.353 e. The van der Waals surface area contributed by atoms with Crippen LogP contribution in [0, 0.1) is 5.92 Å². The van der Waals surface area contributed by atoms with Crippen molar-refractivity contribution in [3.63, 3.8) is 0 Å². The maximum Gasteiger partial charge on any atom is 0.223 e. The van der Waals surface area contributed by atoms with Gasteiger partial charge in [-0.05, 0) is 19.3 Å². The van der Waals surface area contributed by atoms with Crippen LogP contribution in [0.15, 0.2) is 0 Å². The molecule has 11 heavy (non-hydrogen) atoms. The van der Waals surface area contributed by atoms with Crippen LogP contribution in [0.3, 0.4) is 0 Å². The summed E-state index contributed by atoms with van der Waals surface area (Å²) in [5.41, 5.74) is 0. The van der Waals surface area contributed by atoms with Crippen molar-refractivity contribution < 1.29 is 4.79 Å². The fraction of sp³-hybridized carbons (Fsp3) is 0.889. The lowest BCUT2D eigenvalue weighted by atomic mass is 10.0. The summed E-state index contributed by atoms with van der Waals surface area (Å²) in [6, 6.07) is 0.437. The van der Waals surface area contributed by atoms with E-state index in [0.717, 1.165) is 19.3 Å². The first-order valence-electron chi connectivity index (χ1n) is 4.54. The number of carbonyl (C=O) groups excluding carboxylic acids is 1. The summed E-state index contributed by atoms with van der Waals surface area (Å²) in [5.74, 6) is 0.473. The summed E-state index contributed by atoms with van der Waals surface area (Å²) in [5, 5.41) is 3.04. The molecule has 2 heteroatoms. The summed E-state index contributed by atoms with van der Waals surface area (Å²) < 4.78 is 0. The van der Waals surface area contributed by atoms with E-state index in [1.54, 1.807) is 0 Å². The van der Waals surface area contributed by atoms with Crippen LogP contribution in [0.1, 0.15) is 39.5 Å². The van der Waals surface area contributed by atoms with E-state index in [1.807, 2.05) is 6.92 Å². The van der Waals surface area contributed by atoms with Gasteiger partial charge < -0.3 is 5.32 Å². The van der Waals surface area contributed by atoms with Gasteiger partial charge in [-0.15, -0.1) is 0 Å². The average Bonchev–Trinajstić information content (AvgIpc) is 2.15. The van der Waals surface area contributed by atoms with Crippen molar-refractivity contribution >= 4 is 5.91 Å². The third-order valence-corrected chi connectivity index (χ3v) is 2.48. The van der Waals surface area contributed by atoms with Crippen molar-refractivity contribution in [2.45, 2.75) is 45.6 Å². The van der Waals surface area contributed by atoms with Crippen molar-refractivity contribution in [1.29, 1.82) is 0 Å². The van der Waals surface area contributed by atoms with Gasteiger partial charge in [0.15, 0.2) is 0 Å².